The van der Waals surface area contributed by atoms with Crippen LogP contribution in [0.15, 0.2) is 24.3 Å². The van der Waals surface area contributed by atoms with E-state index in [9.17, 15) is 4.79 Å². The first kappa shape index (κ1) is 12.5. The largest absolute Gasteiger partial charge is 0.351 e. The molecule has 3 nitrogen and oxygen atoms in total. The highest BCUT2D eigenvalue weighted by molar-refractivity contribution is 6.17. The van der Waals surface area contributed by atoms with Crippen molar-refractivity contribution >= 4 is 17.5 Å². The summed E-state index contributed by atoms with van der Waals surface area (Å²) in [6.07, 6.45) is 0. The number of hydrogen-bond acceptors (Lipinski definition) is 2. The van der Waals surface area contributed by atoms with Gasteiger partial charge in [-0.25, -0.2) is 0 Å². The second kappa shape index (κ2) is 6.14. The van der Waals surface area contributed by atoms with Crippen molar-refractivity contribution in [2.45, 2.75) is 12.8 Å². The Bertz CT molecular complexity index is 394. The number of hydrogen-bond donors (Lipinski definition) is 1. The van der Waals surface area contributed by atoms with E-state index in [1.54, 1.807) is 19.1 Å². The second-order valence-electron chi connectivity index (χ2n) is 3.57. The summed E-state index contributed by atoms with van der Waals surface area (Å²) in [5.74, 6) is 0.0992. The van der Waals surface area contributed by atoms with E-state index in [2.05, 4.69) is 11.4 Å². The maximum absolute atomic E-state index is 11.6. The molecule has 0 aromatic heterocycles. The Morgan fingerprint density at radius 2 is 2.12 bits per heavy atom. The maximum Gasteiger partial charge on any atom is 0.251 e. The fourth-order valence-corrected chi connectivity index (χ4v) is 1.32. The molecule has 16 heavy (non-hydrogen) atoms. The van der Waals surface area contributed by atoms with Crippen molar-refractivity contribution in [3.05, 3.63) is 35.4 Å². The molecule has 1 amide bonds. The molecule has 4 heteroatoms. The Labute approximate surface area is 100 Å². The van der Waals surface area contributed by atoms with Crippen LogP contribution in [0.2, 0.25) is 0 Å². The Hall–Kier alpha value is -1.53. The molecule has 0 saturated heterocycles. The number of benzene rings is 1. The lowest BCUT2D eigenvalue weighted by atomic mass is 10.1. The number of carbonyl (C=O) groups excluding carboxylic acids is 1. The van der Waals surface area contributed by atoms with Crippen LogP contribution < -0.4 is 5.32 Å². The summed E-state index contributed by atoms with van der Waals surface area (Å²) in [5.41, 5.74) is 1.56. The number of nitrogens with zero attached hydrogens (tertiary/aromatic N) is 1. The van der Waals surface area contributed by atoms with Gasteiger partial charge >= 0.3 is 0 Å². The van der Waals surface area contributed by atoms with E-state index in [4.69, 9.17) is 16.9 Å². The lowest BCUT2D eigenvalue weighted by Crippen LogP contribution is -2.27. The fraction of sp³-hybridized carbons (Fsp3) is 0.333. The van der Waals surface area contributed by atoms with Gasteiger partial charge in [0, 0.05) is 18.0 Å². The van der Waals surface area contributed by atoms with Crippen molar-refractivity contribution in [2.24, 2.45) is 5.92 Å². The number of halogens is 1. The molecule has 0 aliphatic heterocycles. The number of nitriles is 1. The zero-order valence-corrected chi connectivity index (χ0v) is 9.79. The first-order chi connectivity index (χ1) is 7.67. The summed E-state index contributed by atoms with van der Waals surface area (Å²) < 4.78 is 0. The van der Waals surface area contributed by atoms with Gasteiger partial charge in [-0.2, -0.15) is 5.26 Å². The quantitative estimate of drug-likeness (QED) is 0.816. The second-order valence-corrected chi connectivity index (χ2v) is 3.84. The van der Waals surface area contributed by atoms with Gasteiger partial charge in [-0.05, 0) is 24.6 Å². The van der Waals surface area contributed by atoms with E-state index in [0.29, 0.717) is 18.0 Å². The molecule has 0 heterocycles. The highest BCUT2D eigenvalue weighted by atomic mass is 35.5. The van der Waals surface area contributed by atoms with Gasteiger partial charge in [0.15, 0.2) is 0 Å². The van der Waals surface area contributed by atoms with Gasteiger partial charge in [0.1, 0.15) is 0 Å². The highest BCUT2D eigenvalue weighted by Crippen LogP contribution is 2.06. The topological polar surface area (TPSA) is 52.9 Å². The first-order valence-electron chi connectivity index (χ1n) is 5.00. The molecule has 0 spiro atoms. The van der Waals surface area contributed by atoms with Crippen LogP contribution in [0.4, 0.5) is 0 Å². The van der Waals surface area contributed by atoms with Gasteiger partial charge in [-0.15, -0.1) is 11.6 Å². The minimum absolute atomic E-state index is 0.164. The number of amides is 1. The summed E-state index contributed by atoms with van der Waals surface area (Å²) in [6, 6.07) is 9.14. The number of nitrogens with one attached hydrogen (secondary N) is 1. The standard InChI is InChI=1S/C12H13ClN2O/c1-9(7-14)8-15-12(16)11-4-2-10(6-13)3-5-11/h2-5,9H,6,8H2,1H3,(H,15,16). The molecule has 1 N–H and O–H groups in total. The minimum atomic E-state index is -0.175. The molecule has 0 bridgehead atoms. The summed E-state index contributed by atoms with van der Waals surface area (Å²) in [7, 11) is 0. The number of alkyl halides is 1. The van der Waals surface area contributed by atoms with Crippen molar-refractivity contribution in [3.8, 4) is 6.07 Å². The molecule has 1 aromatic rings. The van der Waals surface area contributed by atoms with E-state index in [-0.39, 0.29) is 11.8 Å². The molecule has 0 aliphatic rings. The summed E-state index contributed by atoms with van der Waals surface area (Å²) in [6.45, 7) is 2.13. The van der Waals surface area contributed by atoms with Crippen LogP contribution in [0.25, 0.3) is 0 Å². The maximum atomic E-state index is 11.6. The normalized spacial score (nSPS) is 11.6. The SMILES string of the molecule is CC(C#N)CNC(=O)c1ccc(CCl)cc1. The van der Waals surface area contributed by atoms with E-state index in [1.165, 1.54) is 0 Å². The Morgan fingerprint density at radius 3 is 2.62 bits per heavy atom. The van der Waals surface area contributed by atoms with Crippen LogP contribution in [0, 0.1) is 17.2 Å². The molecular weight excluding hydrogens is 224 g/mol. The molecule has 1 atom stereocenters. The van der Waals surface area contributed by atoms with Crippen molar-refractivity contribution in [1.29, 1.82) is 5.26 Å². The van der Waals surface area contributed by atoms with E-state index < -0.39 is 0 Å². The van der Waals surface area contributed by atoms with E-state index >= 15 is 0 Å². The molecule has 0 fully saturated rings. The van der Waals surface area contributed by atoms with Crippen molar-refractivity contribution in [3.63, 3.8) is 0 Å². The van der Waals surface area contributed by atoms with Gasteiger partial charge in [0.25, 0.3) is 5.91 Å². The van der Waals surface area contributed by atoms with Crippen LogP contribution in [0.1, 0.15) is 22.8 Å². The Balaban J connectivity index is 2.56. The smallest absolute Gasteiger partial charge is 0.251 e. The van der Waals surface area contributed by atoms with Crippen LogP contribution in [-0.4, -0.2) is 12.5 Å². The molecule has 0 saturated carbocycles. The summed E-state index contributed by atoms with van der Waals surface area (Å²) >= 11 is 5.64. The Morgan fingerprint density at radius 1 is 1.50 bits per heavy atom. The van der Waals surface area contributed by atoms with Crippen molar-refractivity contribution in [2.75, 3.05) is 6.54 Å². The predicted octanol–water partition coefficient (Wildman–Crippen LogP) is 2.31. The van der Waals surface area contributed by atoms with Crippen molar-refractivity contribution in [1.82, 2.24) is 5.32 Å². The lowest BCUT2D eigenvalue weighted by Gasteiger charge is -2.06. The van der Waals surface area contributed by atoms with Gasteiger partial charge in [-0.1, -0.05) is 12.1 Å². The van der Waals surface area contributed by atoms with Crippen LogP contribution in [0.5, 0.6) is 0 Å². The van der Waals surface area contributed by atoms with E-state index in [1.807, 2.05) is 12.1 Å². The average molecular weight is 237 g/mol. The van der Waals surface area contributed by atoms with Gasteiger partial charge in [0.2, 0.25) is 0 Å². The summed E-state index contributed by atoms with van der Waals surface area (Å²) in [5, 5.41) is 11.3. The average Bonchev–Trinajstić information content (AvgIpc) is 2.35. The molecule has 1 aromatic carbocycles. The zero-order chi connectivity index (χ0) is 12.0. The first-order valence-corrected chi connectivity index (χ1v) is 5.53. The fourth-order valence-electron chi connectivity index (χ4n) is 1.14. The van der Waals surface area contributed by atoms with Crippen LogP contribution in [-0.2, 0) is 5.88 Å². The molecule has 84 valence electrons. The molecule has 0 radical (unpaired) electrons. The van der Waals surface area contributed by atoms with Crippen LogP contribution >= 0.6 is 11.6 Å². The summed E-state index contributed by atoms with van der Waals surface area (Å²) in [4.78, 5) is 11.6. The monoisotopic (exact) mass is 236 g/mol. The van der Waals surface area contributed by atoms with Gasteiger partial charge in [0.05, 0.1) is 12.0 Å². The number of rotatable bonds is 4. The lowest BCUT2D eigenvalue weighted by molar-refractivity contribution is 0.0951. The third kappa shape index (κ3) is 3.56. The highest BCUT2D eigenvalue weighted by Gasteiger charge is 2.06. The zero-order valence-electron chi connectivity index (χ0n) is 9.03. The van der Waals surface area contributed by atoms with Gasteiger partial charge < -0.3 is 5.32 Å². The molecule has 1 unspecified atom stereocenters. The third-order valence-electron chi connectivity index (χ3n) is 2.16. The third-order valence-corrected chi connectivity index (χ3v) is 2.47. The minimum Gasteiger partial charge on any atom is -0.351 e. The van der Waals surface area contributed by atoms with Crippen LogP contribution in [0.3, 0.4) is 0 Å². The van der Waals surface area contributed by atoms with E-state index in [0.717, 1.165) is 5.56 Å². The molecule has 0 aliphatic carbocycles. The van der Waals surface area contributed by atoms with Gasteiger partial charge in [-0.3, -0.25) is 4.79 Å². The number of carbonyl (C=O) groups is 1. The molecular formula is C12H13ClN2O. The molecule has 1 rings (SSSR count). The Kier molecular flexibility index (Phi) is 4.81. The predicted molar refractivity (Wildman–Crippen MR) is 63.1 cm³/mol. The van der Waals surface area contributed by atoms with Crippen molar-refractivity contribution < 1.29 is 4.79 Å².